The Morgan fingerprint density at radius 2 is 1.91 bits per heavy atom. The number of fused-ring (bicyclic) bond motifs is 1. The first-order chi connectivity index (χ1) is 15.3. The predicted molar refractivity (Wildman–Crippen MR) is 118 cm³/mol. The van der Waals surface area contributed by atoms with Gasteiger partial charge in [-0.05, 0) is 44.2 Å². The van der Waals surface area contributed by atoms with Gasteiger partial charge in [-0.3, -0.25) is 14.7 Å². The highest BCUT2D eigenvalue weighted by atomic mass is 16.3. The molecule has 1 fully saturated rings. The number of nitrogens with one attached hydrogen (secondary N) is 3. The molecule has 9 heteroatoms. The van der Waals surface area contributed by atoms with Crippen molar-refractivity contribution in [1.29, 1.82) is 0 Å². The summed E-state index contributed by atoms with van der Waals surface area (Å²) in [5.41, 5.74) is 1.24. The van der Waals surface area contributed by atoms with E-state index in [0.29, 0.717) is 34.0 Å². The van der Waals surface area contributed by atoms with Gasteiger partial charge in [0.15, 0.2) is 5.76 Å². The Morgan fingerprint density at radius 1 is 1.09 bits per heavy atom. The van der Waals surface area contributed by atoms with Gasteiger partial charge in [-0.15, -0.1) is 0 Å². The third-order valence-corrected chi connectivity index (χ3v) is 5.28. The van der Waals surface area contributed by atoms with Gasteiger partial charge in [0, 0.05) is 11.1 Å². The van der Waals surface area contributed by atoms with E-state index in [1.165, 1.54) is 6.20 Å². The van der Waals surface area contributed by atoms with E-state index in [-0.39, 0.29) is 5.91 Å². The first-order valence-corrected chi connectivity index (χ1v) is 9.94. The normalized spacial score (nSPS) is 15.2. The van der Waals surface area contributed by atoms with Crippen molar-refractivity contribution in [3.63, 3.8) is 0 Å². The summed E-state index contributed by atoms with van der Waals surface area (Å²) in [7, 11) is 0. The fourth-order valence-corrected chi connectivity index (χ4v) is 3.66. The molecule has 0 bridgehead atoms. The molecule has 2 aromatic carbocycles. The maximum atomic E-state index is 13.0. The molecule has 5 rings (SSSR count). The molecule has 9 nitrogen and oxygen atoms in total. The molecular formula is C23H19N5O4. The van der Waals surface area contributed by atoms with Crippen molar-refractivity contribution >= 4 is 40.2 Å². The minimum atomic E-state index is -0.991. The van der Waals surface area contributed by atoms with Crippen LogP contribution in [0, 0.1) is 0 Å². The first kappa shape index (κ1) is 19.6. The van der Waals surface area contributed by atoms with Gasteiger partial charge in [-0.2, -0.15) is 5.10 Å². The van der Waals surface area contributed by atoms with Crippen LogP contribution >= 0.6 is 0 Å². The van der Waals surface area contributed by atoms with Crippen molar-refractivity contribution in [1.82, 2.24) is 15.5 Å². The minimum Gasteiger partial charge on any atom is -0.454 e. The number of carbonyl (C=O) groups is 3. The summed E-state index contributed by atoms with van der Waals surface area (Å²) in [5.74, 6) is -0.291. The molecule has 32 heavy (non-hydrogen) atoms. The predicted octanol–water partition coefficient (Wildman–Crippen LogP) is 3.91. The second-order valence-electron chi connectivity index (χ2n) is 8.01. The number of aromatic amines is 1. The number of rotatable bonds is 4. The molecule has 4 aromatic rings. The Bertz CT molecular complexity index is 1350. The van der Waals surface area contributed by atoms with Crippen LogP contribution < -0.4 is 15.5 Å². The molecule has 0 saturated carbocycles. The second-order valence-corrected chi connectivity index (χ2v) is 8.01. The van der Waals surface area contributed by atoms with Gasteiger partial charge >= 0.3 is 6.03 Å². The molecule has 1 aliphatic rings. The number of benzene rings is 2. The number of aromatic nitrogens is 2. The number of furan rings is 1. The van der Waals surface area contributed by atoms with Crippen molar-refractivity contribution < 1.29 is 18.8 Å². The van der Waals surface area contributed by atoms with Crippen LogP contribution in [0.2, 0.25) is 0 Å². The van der Waals surface area contributed by atoms with Crippen molar-refractivity contribution in [3.05, 3.63) is 66.4 Å². The van der Waals surface area contributed by atoms with E-state index in [9.17, 15) is 14.4 Å². The summed E-state index contributed by atoms with van der Waals surface area (Å²) in [5, 5.41) is 13.2. The number of urea groups is 1. The SMILES string of the molecule is CC1(C)NC(=O)N(c2cccc(NC(=O)c3cn[nH]c3-c3cc4ccccc4o3)c2)C1=O. The van der Waals surface area contributed by atoms with E-state index in [1.807, 2.05) is 30.3 Å². The summed E-state index contributed by atoms with van der Waals surface area (Å²) in [4.78, 5) is 38.9. The number of carbonyl (C=O) groups excluding carboxylic acids is 3. The van der Waals surface area contributed by atoms with Crippen molar-refractivity contribution in [3.8, 4) is 11.5 Å². The summed E-state index contributed by atoms with van der Waals surface area (Å²) in [6.45, 7) is 3.27. The Labute approximate surface area is 182 Å². The largest absolute Gasteiger partial charge is 0.454 e. The molecule has 0 radical (unpaired) electrons. The van der Waals surface area contributed by atoms with Gasteiger partial charge in [0.25, 0.3) is 11.8 Å². The highest BCUT2D eigenvalue weighted by Crippen LogP contribution is 2.30. The lowest BCUT2D eigenvalue weighted by atomic mass is 10.1. The quantitative estimate of drug-likeness (QED) is 0.425. The molecular weight excluding hydrogens is 410 g/mol. The van der Waals surface area contributed by atoms with Gasteiger partial charge in [0.2, 0.25) is 0 Å². The molecule has 160 valence electrons. The molecule has 1 aliphatic heterocycles. The maximum absolute atomic E-state index is 13.0. The third kappa shape index (κ3) is 3.20. The summed E-state index contributed by atoms with van der Waals surface area (Å²) >= 11 is 0. The second kappa shape index (κ2) is 7.09. The third-order valence-electron chi connectivity index (χ3n) is 5.28. The Balaban J connectivity index is 1.41. The maximum Gasteiger partial charge on any atom is 0.329 e. The van der Waals surface area contributed by atoms with Crippen molar-refractivity contribution in [2.75, 3.05) is 10.2 Å². The zero-order chi connectivity index (χ0) is 22.5. The van der Waals surface area contributed by atoms with Crippen LogP contribution in [0.4, 0.5) is 16.2 Å². The molecule has 0 atom stereocenters. The fraction of sp³-hybridized carbons (Fsp3) is 0.130. The first-order valence-electron chi connectivity index (χ1n) is 9.94. The molecule has 3 heterocycles. The Morgan fingerprint density at radius 3 is 2.66 bits per heavy atom. The van der Waals surface area contributed by atoms with Crippen LogP contribution in [-0.4, -0.2) is 33.6 Å². The van der Waals surface area contributed by atoms with Gasteiger partial charge < -0.3 is 15.1 Å². The van der Waals surface area contributed by atoms with Crippen molar-refractivity contribution in [2.45, 2.75) is 19.4 Å². The number of nitrogens with zero attached hydrogens (tertiary/aromatic N) is 2. The molecule has 4 amide bonds. The van der Waals surface area contributed by atoms with Gasteiger partial charge in [-0.25, -0.2) is 9.69 Å². The molecule has 2 aromatic heterocycles. The lowest BCUT2D eigenvalue weighted by Crippen LogP contribution is -2.40. The lowest BCUT2D eigenvalue weighted by Gasteiger charge is -2.16. The Hall–Kier alpha value is -4.40. The number of para-hydroxylation sites is 1. The monoisotopic (exact) mass is 429 g/mol. The van der Waals surface area contributed by atoms with Gasteiger partial charge in [0.05, 0.1) is 17.4 Å². The zero-order valence-electron chi connectivity index (χ0n) is 17.3. The molecule has 0 aliphatic carbocycles. The van der Waals surface area contributed by atoms with E-state index in [4.69, 9.17) is 4.42 Å². The fourth-order valence-electron chi connectivity index (χ4n) is 3.66. The average molecular weight is 429 g/mol. The van der Waals surface area contributed by atoms with Crippen LogP contribution in [0.1, 0.15) is 24.2 Å². The number of anilines is 2. The topological polar surface area (TPSA) is 120 Å². The van der Waals surface area contributed by atoms with E-state index in [1.54, 1.807) is 38.1 Å². The van der Waals surface area contributed by atoms with Crippen LogP contribution in [0.15, 0.2) is 65.2 Å². The number of imide groups is 1. The van der Waals surface area contributed by atoms with Gasteiger partial charge in [0.1, 0.15) is 16.8 Å². The number of hydrogen-bond acceptors (Lipinski definition) is 5. The van der Waals surface area contributed by atoms with Crippen LogP contribution in [0.25, 0.3) is 22.4 Å². The van der Waals surface area contributed by atoms with Crippen LogP contribution in [-0.2, 0) is 4.79 Å². The standard InChI is InChI=1S/C23H19N5O4/c1-23(2)21(30)28(22(31)26-23)15-8-5-7-14(11-15)25-20(29)16-12-24-27-19(16)18-10-13-6-3-4-9-17(13)32-18/h3-12H,1-2H3,(H,24,27)(H,25,29)(H,26,31). The van der Waals surface area contributed by atoms with Crippen molar-refractivity contribution in [2.24, 2.45) is 0 Å². The summed E-state index contributed by atoms with van der Waals surface area (Å²) < 4.78 is 5.84. The highest BCUT2D eigenvalue weighted by molar-refractivity contribution is 6.23. The number of H-pyrrole nitrogens is 1. The number of amides is 4. The van der Waals surface area contributed by atoms with Crippen LogP contribution in [0.3, 0.4) is 0 Å². The minimum absolute atomic E-state index is 0.297. The molecule has 1 saturated heterocycles. The Kier molecular flexibility index (Phi) is 4.33. The summed E-state index contributed by atoms with van der Waals surface area (Å²) in [6.07, 6.45) is 1.42. The van der Waals surface area contributed by atoms with E-state index < -0.39 is 17.5 Å². The zero-order valence-corrected chi connectivity index (χ0v) is 17.3. The smallest absolute Gasteiger partial charge is 0.329 e. The van der Waals surface area contributed by atoms with E-state index in [0.717, 1.165) is 10.3 Å². The van der Waals surface area contributed by atoms with Crippen LogP contribution in [0.5, 0.6) is 0 Å². The molecule has 0 spiro atoms. The average Bonchev–Trinajstić information content (AvgIpc) is 3.44. The van der Waals surface area contributed by atoms with E-state index >= 15 is 0 Å². The molecule has 3 N–H and O–H groups in total. The lowest BCUT2D eigenvalue weighted by molar-refractivity contribution is -0.121. The van der Waals surface area contributed by atoms with Gasteiger partial charge in [-0.1, -0.05) is 24.3 Å². The molecule has 0 unspecified atom stereocenters. The highest BCUT2D eigenvalue weighted by Gasteiger charge is 2.45. The number of hydrogen-bond donors (Lipinski definition) is 3. The van der Waals surface area contributed by atoms with E-state index in [2.05, 4.69) is 20.8 Å². The summed E-state index contributed by atoms with van der Waals surface area (Å²) in [6, 6.07) is 15.4.